The number of rotatable bonds is 1. The van der Waals surface area contributed by atoms with Crippen molar-refractivity contribution in [3.05, 3.63) is 34.1 Å². The maximum absolute atomic E-state index is 10.9. The number of benzene rings is 1. The highest BCUT2D eigenvalue weighted by atomic mass is 16.3. The lowest BCUT2D eigenvalue weighted by molar-refractivity contribution is 0.112. The minimum absolute atomic E-state index is 0.716. The Hall–Kier alpha value is -1.57. The predicted octanol–water partition coefficient (Wildman–Crippen LogP) is 3.48. The van der Waals surface area contributed by atoms with Crippen LogP contribution >= 0.6 is 0 Å². The van der Waals surface area contributed by atoms with Gasteiger partial charge in [-0.25, -0.2) is 0 Å². The lowest BCUT2D eigenvalue weighted by Gasteiger charge is -2.03. The van der Waals surface area contributed by atoms with Gasteiger partial charge in [-0.05, 0) is 44.9 Å². The monoisotopic (exact) mass is 202 g/mol. The number of aryl methyl sites for hydroxylation is 4. The lowest BCUT2D eigenvalue weighted by atomic mass is 10.00. The largest absolute Gasteiger partial charge is 0.461 e. The van der Waals surface area contributed by atoms with E-state index in [9.17, 15) is 4.79 Å². The van der Waals surface area contributed by atoms with Gasteiger partial charge in [0.25, 0.3) is 0 Å². The third-order valence-corrected chi connectivity index (χ3v) is 3.05. The Bertz CT molecular complexity index is 547. The van der Waals surface area contributed by atoms with Crippen LogP contribution in [0.25, 0.3) is 11.0 Å². The summed E-state index contributed by atoms with van der Waals surface area (Å²) in [4.78, 5) is 10.9. The minimum atomic E-state index is 0.716. The zero-order chi connectivity index (χ0) is 11.2. The Morgan fingerprint density at radius 1 is 1.13 bits per heavy atom. The van der Waals surface area contributed by atoms with Crippen molar-refractivity contribution in [2.24, 2.45) is 0 Å². The molecule has 15 heavy (non-hydrogen) atoms. The smallest absolute Gasteiger partial charge is 0.150 e. The zero-order valence-electron chi connectivity index (χ0n) is 9.47. The van der Waals surface area contributed by atoms with Gasteiger partial charge in [-0.3, -0.25) is 4.79 Å². The van der Waals surface area contributed by atoms with Crippen molar-refractivity contribution in [1.29, 1.82) is 0 Å². The van der Waals surface area contributed by atoms with Crippen molar-refractivity contribution in [3.8, 4) is 0 Å². The highest BCUT2D eigenvalue weighted by Crippen LogP contribution is 2.31. The van der Waals surface area contributed by atoms with E-state index in [1.54, 1.807) is 0 Å². The van der Waals surface area contributed by atoms with E-state index in [1.165, 1.54) is 5.56 Å². The van der Waals surface area contributed by atoms with Crippen LogP contribution in [0.15, 0.2) is 10.5 Å². The van der Waals surface area contributed by atoms with Gasteiger partial charge in [0, 0.05) is 16.5 Å². The summed E-state index contributed by atoms with van der Waals surface area (Å²) in [7, 11) is 0. The Labute approximate surface area is 88.9 Å². The van der Waals surface area contributed by atoms with Crippen LogP contribution in [0.5, 0.6) is 0 Å². The summed E-state index contributed by atoms with van der Waals surface area (Å²) in [5, 5.41) is 1.15. The molecule has 2 heteroatoms. The van der Waals surface area contributed by atoms with Crippen LogP contribution in [-0.2, 0) is 0 Å². The predicted molar refractivity (Wildman–Crippen MR) is 60.5 cm³/mol. The summed E-state index contributed by atoms with van der Waals surface area (Å²) in [5.74, 6) is 0.930. The number of aldehydes is 1. The highest BCUT2D eigenvalue weighted by Gasteiger charge is 2.14. The van der Waals surface area contributed by atoms with E-state index in [0.717, 1.165) is 34.1 Å². The lowest BCUT2D eigenvalue weighted by Crippen LogP contribution is -1.89. The first-order chi connectivity index (χ1) is 7.06. The van der Waals surface area contributed by atoms with E-state index in [4.69, 9.17) is 4.42 Å². The molecule has 1 heterocycles. The molecule has 0 unspecified atom stereocenters. The van der Waals surface area contributed by atoms with Crippen molar-refractivity contribution in [2.75, 3.05) is 0 Å². The average Bonchev–Trinajstić information content (AvgIpc) is 2.50. The van der Waals surface area contributed by atoms with E-state index in [-0.39, 0.29) is 0 Å². The number of fused-ring (bicyclic) bond motifs is 1. The van der Waals surface area contributed by atoms with Crippen LogP contribution in [0.3, 0.4) is 0 Å². The molecule has 0 bridgehead atoms. The summed E-state index contributed by atoms with van der Waals surface area (Å²) < 4.78 is 5.69. The van der Waals surface area contributed by atoms with Crippen LogP contribution < -0.4 is 0 Å². The standard InChI is InChI=1S/C13H14O2/c1-7-5-11(6-14)9(3)13-12(7)8(2)10(4)15-13/h5-6H,1-4H3. The Balaban J connectivity index is 2.99. The van der Waals surface area contributed by atoms with E-state index in [0.29, 0.717) is 5.56 Å². The van der Waals surface area contributed by atoms with Gasteiger partial charge in [0.05, 0.1) is 0 Å². The van der Waals surface area contributed by atoms with Gasteiger partial charge in [0.2, 0.25) is 0 Å². The average molecular weight is 202 g/mol. The van der Waals surface area contributed by atoms with Crippen LogP contribution in [0.2, 0.25) is 0 Å². The second-order valence-corrected chi connectivity index (χ2v) is 4.01. The van der Waals surface area contributed by atoms with Gasteiger partial charge in [-0.15, -0.1) is 0 Å². The molecular formula is C13H14O2. The molecule has 0 radical (unpaired) electrons. The van der Waals surface area contributed by atoms with E-state index >= 15 is 0 Å². The van der Waals surface area contributed by atoms with E-state index in [2.05, 4.69) is 0 Å². The number of hydrogen-bond donors (Lipinski definition) is 0. The van der Waals surface area contributed by atoms with Gasteiger partial charge >= 0.3 is 0 Å². The molecule has 0 saturated carbocycles. The summed E-state index contributed by atoms with van der Waals surface area (Å²) in [6.07, 6.45) is 0.884. The molecule has 0 aliphatic rings. The van der Waals surface area contributed by atoms with Crippen molar-refractivity contribution >= 4 is 17.3 Å². The number of carbonyl (C=O) groups is 1. The first kappa shape index (κ1) is 9.97. The second kappa shape index (κ2) is 3.23. The van der Waals surface area contributed by atoms with Crippen LogP contribution in [0, 0.1) is 27.7 Å². The van der Waals surface area contributed by atoms with Gasteiger partial charge in [0.1, 0.15) is 17.6 Å². The van der Waals surface area contributed by atoms with Gasteiger partial charge in [-0.1, -0.05) is 0 Å². The molecule has 1 aromatic carbocycles. The van der Waals surface area contributed by atoms with Gasteiger partial charge < -0.3 is 4.42 Å². The number of carbonyl (C=O) groups excluding carboxylic acids is 1. The molecule has 2 rings (SSSR count). The summed E-state index contributed by atoms with van der Waals surface area (Å²) >= 11 is 0. The molecule has 0 aliphatic carbocycles. The topological polar surface area (TPSA) is 30.2 Å². The maximum atomic E-state index is 10.9. The third kappa shape index (κ3) is 1.29. The van der Waals surface area contributed by atoms with E-state index in [1.807, 2.05) is 33.8 Å². The fourth-order valence-electron chi connectivity index (χ4n) is 2.03. The summed E-state index contributed by atoms with van der Waals surface area (Å²) in [5.41, 5.74) is 4.78. The molecule has 2 nitrogen and oxygen atoms in total. The minimum Gasteiger partial charge on any atom is -0.461 e. The zero-order valence-corrected chi connectivity index (χ0v) is 9.47. The Kier molecular flexibility index (Phi) is 2.14. The normalized spacial score (nSPS) is 10.9. The molecule has 0 amide bonds. The Morgan fingerprint density at radius 2 is 1.80 bits per heavy atom. The second-order valence-electron chi connectivity index (χ2n) is 4.01. The molecule has 0 saturated heterocycles. The fraction of sp³-hybridized carbons (Fsp3) is 0.308. The third-order valence-electron chi connectivity index (χ3n) is 3.05. The molecule has 0 N–H and O–H groups in total. The molecular weight excluding hydrogens is 188 g/mol. The number of hydrogen-bond acceptors (Lipinski definition) is 2. The van der Waals surface area contributed by atoms with Gasteiger partial charge in [0.15, 0.2) is 0 Å². The van der Waals surface area contributed by atoms with Crippen molar-refractivity contribution in [3.63, 3.8) is 0 Å². The SMILES string of the molecule is Cc1oc2c(C)c(C=O)cc(C)c2c1C. The molecule has 78 valence electrons. The molecule has 0 fully saturated rings. The number of furan rings is 1. The van der Waals surface area contributed by atoms with Crippen LogP contribution in [0.4, 0.5) is 0 Å². The first-order valence-corrected chi connectivity index (χ1v) is 5.01. The molecule has 0 aliphatic heterocycles. The quantitative estimate of drug-likeness (QED) is 0.663. The molecule has 0 spiro atoms. The molecule has 0 atom stereocenters. The van der Waals surface area contributed by atoms with Crippen LogP contribution in [0.1, 0.15) is 32.8 Å². The van der Waals surface area contributed by atoms with Crippen LogP contribution in [-0.4, -0.2) is 6.29 Å². The molecule has 1 aromatic heterocycles. The Morgan fingerprint density at radius 3 is 2.40 bits per heavy atom. The van der Waals surface area contributed by atoms with E-state index < -0.39 is 0 Å². The molecule has 2 aromatic rings. The van der Waals surface area contributed by atoms with Gasteiger partial charge in [-0.2, -0.15) is 0 Å². The van der Waals surface area contributed by atoms with Crippen molar-refractivity contribution < 1.29 is 9.21 Å². The maximum Gasteiger partial charge on any atom is 0.150 e. The van der Waals surface area contributed by atoms with Crippen molar-refractivity contribution in [2.45, 2.75) is 27.7 Å². The first-order valence-electron chi connectivity index (χ1n) is 5.01. The summed E-state index contributed by atoms with van der Waals surface area (Å²) in [6.45, 7) is 7.94. The highest BCUT2D eigenvalue weighted by molar-refractivity contribution is 5.94. The fourth-order valence-corrected chi connectivity index (χ4v) is 2.03. The summed E-state index contributed by atoms with van der Waals surface area (Å²) in [6, 6.07) is 1.92. The van der Waals surface area contributed by atoms with Crippen molar-refractivity contribution in [1.82, 2.24) is 0 Å².